The van der Waals surface area contributed by atoms with Gasteiger partial charge in [-0.15, -0.1) is 0 Å². The fourth-order valence-corrected chi connectivity index (χ4v) is 3.72. The molecular formula is C21H21ClN4O3. The molecule has 1 fully saturated rings. The number of hydrogen-bond donors (Lipinski definition) is 1. The van der Waals surface area contributed by atoms with Crippen molar-refractivity contribution < 1.29 is 14.3 Å². The lowest BCUT2D eigenvalue weighted by molar-refractivity contribution is -0.126. The van der Waals surface area contributed by atoms with Gasteiger partial charge < -0.3 is 19.4 Å². The van der Waals surface area contributed by atoms with E-state index in [2.05, 4.69) is 10.3 Å². The molecule has 1 aromatic carbocycles. The van der Waals surface area contributed by atoms with Crippen LogP contribution >= 0.6 is 11.6 Å². The topological polar surface area (TPSA) is 75.9 Å². The van der Waals surface area contributed by atoms with Crippen LogP contribution < -0.4 is 15.0 Å². The van der Waals surface area contributed by atoms with Crippen molar-refractivity contribution >= 4 is 34.7 Å². The van der Waals surface area contributed by atoms with Gasteiger partial charge in [0.2, 0.25) is 11.8 Å². The highest BCUT2D eigenvalue weighted by Gasteiger charge is 2.36. The Labute approximate surface area is 173 Å². The van der Waals surface area contributed by atoms with Gasteiger partial charge in [-0.25, -0.2) is 4.98 Å². The second-order valence-corrected chi connectivity index (χ2v) is 7.58. The molecule has 8 heteroatoms. The normalized spacial score (nSPS) is 16.4. The van der Waals surface area contributed by atoms with Gasteiger partial charge in [-0.3, -0.25) is 9.59 Å². The molecule has 7 nitrogen and oxygen atoms in total. The van der Waals surface area contributed by atoms with Crippen molar-refractivity contribution in [2.24, 2.45) is 5.92 Å². The van der Waals surface area contributed by atoms with E-state index in [1.165, 1.54) is 0 Å². The van der Waals surface area contributed by atoms with Crippen LogP contribution in [-0.2, 0) is 16.1 Å². The van der Waals surface area contributed by atoms with Crippen molar-refractivity contribution in [3.8, 4) is 5.75 Å². The maximum atomic E-state index is 12.7. The van der Waals surface area contributed by atoms with Crippen molar-refractivity contribution in [3.63, 3.8) is 0 Å². The zero-order valence-electron chi connectivity index (χ0n) is 16.2. The van der Waals surface area contributed by atoms with Gasteiger partial charge in [0.1, 0.15) is 11.4 Å². The predicted octanol–water partition coefficient (Wildman–Crippen LogP) is 2.97. The minimum atomic E-state index is -0.417. The number of benzene rings is 1. The number of anilines is 1. The number of imidazole rings is 1. The summed E-state index contributed by atoms with van der Waals surface area (Å²) in [6.45, 7) is 2.57. The van der Waals surface area contributed by atoms with Gasteiger partial charge in [0.05, 0.1) is 36.0 Å². The van der Waals surface area contributed by atoms with Gasteiger partial charge in [-0.1, -0.05) is 17.7 Å². The molecule has 1 N–H and O–H groups in total. The number of aryl methyl sites for hydroxylation is 1. The van der Waals surface area contributed by atoms with E-state index in [1.807, 2.05) is 41.8 Å². The molecule has 0 spiro atoms. The zero-order valence-corrected chi connectivity index (χ0v) is 16.9. The molecule has 3 heterocycles. The molecule has 29 heavy (non-hydrogen) atoms. The Morgan fingerprint density at radius 1 is 1.31 bits per heavy atom. The largest absolute Gasteiger partial charge is 0.495 e. The quantitative estimate of drug-likeness (QED) is 0.699. The summed E-state index contributed by atoms with van der Waals surface area (Å²) in [7, 11) is 1.57. The molecule has 1 unspecified atom stereocenters. The molecule has 0 radical (unpaired) electrons. The fourth-order valence-electron chi connectivity index (χ4n) is 3.55. The summed E-state index contributed by atoms with van der Waals surface area (Å²) in [5.74, 6) is -0.0495. The third-order valence-electron chi connectivity index (χ3n) is 5.03. The molecular weight excluding hydrogens is 392 g/mol. The first kappa shape index (κ1) is 19.3. The van der Waals surface area contributed by atoms with Gasteiger partial charge in [0.15, 0.2) is 0 Å². The summed E-state index contributed by atoms with van der Waals surface area (Å²) in [6.07, 6.45) is 3.76. The Hall–Kier alpha value is -3.06. The van der Waals surface area contributed by atoms with Gasteiger partial charge >= 0.3 is 0 Å². The summed E-state index contributed by atoms with van der Waals surface area (Å²) in [6, 6.07) is 9.25. The van der Waals surface area contributed by atoms with E-state index in [0.29, 0.717) is 23.0 Å². The second-order valence-electron chi connectivity index (χ2n) is 7.14. The summed E-state index contributed by atoms with van der Waals surface area (Å²) in [5.41, 5.74) is 3.20. The number of nitrogens with one attached hydrogen (secondary N) is 1. The number of fused-ring (bicyclic) bond motifs is 1. The Kier molecular flexibility index (Phi) is 5.15. The van der Waals surface area contributed by atoms with Crippen LogP contribution in [0.3, 0.4) is 0 Å². The number of carbonyl (C=O) groups excluding carboxylic acids is 2. The number of aromatic nitrogens is 2. The first-order valence-electron chi connectivity index (χ1n) is 9.30. The number of methoxy groups -OCH3 is 1. The number of pyridine rings is 1. The predicted molar refractivity (Wildman–Crippen MR) is 110 cm³/mol. The van der Waals surface area contributed by atoms with Crippen molar-refractivity contribution in [1.29, 1.82) is 0 Å². The first-order valence-corrected chi connectivity index (χ1v) is 9.68. The van der Waals surface area contributed by atoms with Gasteiger partial charge in [0.25, 0.3) is 0 Å². The standard InChI is InChI=1S/C21H21ClN4O3/c1-13-3-5-18(29-2)17(7-13)26-10-14(8-20(26)27)21(28)23-9-16-12-25-11-15(22)4-6-19(25)24-16/h3-7,11-12,14H,8-10H2,1-2H3,(H,23,28). The van der Waals surface area contributed by atoms with Crippen LogP contribution in [0.5, 0.6) is 5.75 Å². The first-order chi connectivity index (χ1) is 13.9. The van der Waals surface area contributed by atoms with Crippen LogP contribution in [0.4, 0.5) is 5.69 Å². The van der Waals surface area contributed by atoms with Crippen molar-refractivity contribution in [3.05, 3.63) is 59.0 Å². The minimum Gasteiger partial charge on any atom is -0.495 e. The molecule has 0 aliphatic carbocycles. The highest BCUT2D eigenvalue weighted by atomic mass is 35.5. The molecule has 1 saturated heterocycles. The molecule has 150 valence electrons. The number of ether oxygens (including phenoxy) is 1. The van der Waals surface area contributed by atoms with Crippen molar-refractivity contribution in [1.82, 2.24) is 14.7 Å². The van der Waals surface area contributed by atoms with Crippen LogP contribution in [0.1, 0.15) is 17.7 Å². The van der Waals surface area contributed by atoms with E-state index >= 15 is 0 Å². The highest BCUT2D eigenvalue weighted by molar-refractivity contribution is 6.30. The average Bonchev–Trinajstić information content (AvgIpc) is 3.28. The Morgan fingerprint density at radius 3 is 2.93 bits per heavy atom. The van der Waals surface area contributed by atoms with Crippen LogP contribution in [0.15, 0.2) is 42.7 Å². The van der Waals surface area contributed by atoms with Crippen LogP contribution in [0.2, 0.25) is 5.02 Å². The Morgan fingerprint density at radius 2 is 2.14 bits per heavy atom. The van der Waals surface area contributed by atoms with E-state index in [-0.39, 0.29) is 24.8 Å². The van der Waals surface area contributed by atoms with Gasteiger partial charge in [-0.2, -0.15) is 0 Å². The molecule has 0 saturated carbocycles. The monoisotopic (exact) mass is 412 g/mol. The van der Waals surface area contributed by atoms with Gasteiger partial charge in [-0.05, 0) is 36.8 Å². The Bertz CT molecular complexity index is 1090. The maximum Gasteiger partial charge on any atom is 0.227 e. The lowest BCUT2D eigenvalue weighted by Gasteiger charge is -2.20. The van der Waals surface area contributed by atoms with Crippen LogP contribution in [-0.4, -0.2) is 34.9 Å². The van der Waals surface area contributed by atoms with E-state index in [1.54, 1.807) is 24.3 Å². The van der Waals surface area contributed by atoms with Gasteiger partial charge in [0, 0.05) is 25.4 Å². The molecule has 4 rings (SSSR count). The van der Waals surface area contributed by atoms with E-state index in [4.69, 9.17) is 16.3 Å². The molecule has 1 aliphatic heterocycles. The number of nitrogens with zero attached hydrogens (tertiary/aromatic N) is 3. The van der Waals surface area contributed by atoms with Crippen LogP contribution in [0.25, 0.3) is 5.65 Å². The van der Waals surface area contributed by atoms with Crippen molar-refractivity contribution in [2.75, 3.05) is 18.6 Å². The van der Waals surface area contributed by atoms with E-state index < -0.39 is 5.92 Å². The number of rotatable bonds is 5. The molecule has 3 aromatic rings. The number of hydrogen-bond acceptors (Lipinski definition) is 4. The lowest BCUT2D eigenvalue weighted by atomic mass is 10.1. The second kappa shape index (κ2) is 7.75. The average molecular weight is 413 g/mol. The summed E-state index contributed by atoms with van der Waals surface area (Å²) in [5, 5.41) is 3.50. The maximum absolute atomic E-state index is 12.7. The molecule has 1 atom stereocenters. The molecule has 2 aromatic heterocycles. The third kappa shape index (κ3) is 3.91. The van der Waals surface area contributed by atoms with Crippen LogP contribution in [0, 0.1) is 12.8 Å². The molecule has 0 bridgehead atoms. The number of amides is 2. The molecule has 1 aliphatic rings. The summed E-state index contributed by atoms with van der Waals surface area (Å²) < 4.78 is 7.20. The zero-order chi connectivity index (χ0) is 20.5. The highest BCUT2D eigenvalue weighted by Crippen LogP contribution is 2.34. The number of halogens is 1. The molecule has 2 amide bonds. The minimum absolute atomic E-state index is 0.0866. The van der Waals surface area contributed by atoms with E-state index in [0.717, 1.165) is 16.9 Å². The SMILES string of the molecule is COc1ccc(C)cc1N1CC(C(=O)NCc2cn3cc(Cl)ccc3n2)CC1=O. The fraction of sp³-hybridized carbons (Fsp3) is 0.286. The lowest BCUT2D eigenvalue weighted by Crippen LogP contribution is -2.32. The summed E-state index contributed by atoms with van der Waals surface area (Å²) >= 11 is 5.99. The Balaban J connectivity index is 1.43. The number of carbonyl (C=O) groups is 2. The van der Waals surface area contributed by atoms with E-state index in [9.17, 15) is 9.59 Å². The third-order valence-corrected chi connectivity index (χ3v) is 5.25. The summed E-state index contributed by atoms with van der Waals surface area (Å²) in [4.78, 5) is 31.3. The van der Waals surface area contributed by atoms with Crippen molar-refractivity contribution in [2.45, 2.75) is 19.9 Å². The smallest absolute Gasteiger partial charge is 0.227 e.